The molecule has 1 aromatic carbocycles. The lowest BCUT2D eigenvalue weighted by Crippen LogP contribution is -2.40. The van der Waals surface area contributed by atoms with E-state index in [4.69, 9.17) is 5.11 Å². The van der Waals surface area contributed by atoms with Gasteiger partial charge in [0.2, 0.25) is 0 Å². The summed E-state index contributed by atoms with van der Waals surface area (Å²) in [5, 5.41) is 17.9. The number of hydrogen-bond acceptors (Lipinski definition) is 3. The standard InChI is InChI=1S/C16H20N2O2/c1-5-16(2,3)18(4)14-8-6-12(7-9-15(19)20)10-13(14)11-17/h6-10H,5H2,1-4H3,(H,19,20)/b9-7+. The zero-order chi connectivity index (χ0) is 15.3. The maximum Gasteiger partial charge on any atom is 0.328 e. The topological polar surface area (TPSA) is 64.3 Å². The normalized spacial score (nSPS) is 11.3. The molecule has 0 atom stereocenters. The predicted molar refractivity (Wildman–Crippen MR) is 80.6 cm³/mol. The Labute approximate surface area is 119 Å². The van der Waals surface area contributed by atoms with Crippen molar-refractivity contribution < 1.29 is 9.90 Å². The van der Waals surface area contributed by atoms with E-state index in [2.05, 4.69) is 31.7 Å². The fourth-order valence-corrected chi connectivity index (χ4v) is 1.77. The largest absolute Gasteiger partial charge is 0.478 e. The Morgan fingerprint density at radius 1 is 1.50 bits per heavy atom. The molecule has 0 aliphatic carbocycles. The van der Waals surface area contributed by atoms with Crippen molar-refractivity contribution >= 4 is 17.7 Å². The molecule has 0 aromatic heterocycles. The highest BCUT2D eigenvalue weighted by atomic mass is 16.4. The quantitative estimate of drug-likeness (QED) is 0.835. The summed E-state index contributed by atoms with van der Waals surface area (Å²) in [6.07, 6.45) is 3.50. The smallest absolute Gasteiger partial charge is 0.328 e. The Morgan fingerprint density at radius 3 is 2.65 bits per heavy atom. The first-order valence-corrected chi connectivity index (χ1v) is 6.51. The van der Waals surface area contributed by atoms with Gasteiger partial charge in [-0.1, -0.05) is 13.0 Å². The molecule has 0 amide bonds. The van der Waals surface area contributed by atoms with Gasteiger partial charge in [0, 0.05) is 18.7 Å². The van der Waals surface area contributed by atoms with Crippen LogP contribution in [0.5, 0.6) is 0 Å². The van der Waals surface area contributed by atoms with Crippen LogP contribution in [0.1, 0.15) is 38.3 Å². The average molecular weight is 272 g/mol. The van der Waals surface area contributed by atoms with Gasteiger partial charge in [0.25, 0.3) is 0 Å². The van der Waals surface area contributed by atoms with Gasteiger partial charge in [-0.05, 0) is 44.0 Å². The van der Waals surface area contributed by atoms with Crippen LogP contribution < -0.4 is 4.90 Å². The molecule has 4 nitrogen and oxygen atoms in total. The average Bonchev–Trinajstić information content (AvgIpc) is 2.43. The Hall–Kier alpha value is -2.28. The molecule has 0 bridgehead atoms. The highest BCUT2D eigenvalue weighted by molar-refractivity contribution is 5.85. The van der Waals surface area contributed by atoms with E-state index in [1.165, 1.54) is 6.08 Å². The van der Waals surface area contributed by atoms with Crippen LogP contribution in [-0.2, 0) is 4.79 Å². The van der Waals surface area contributed by atoms with E-state index in [-0.39, 0.29) is 5.54 Å². The lowest BCUT2D eigenvalue weighted by molar-refractivity contribution is -0.131. The van der Waals surface area contributed by atoms with Crippen LogP contribution in [0.25, 0.3) is 6.08 Å². The molecule has 0 aliphatic rings. The molecule has 0 radical (unpaired) electrons. The SMILES string of the molecule is CCC(C)(C)N(C)c1ccc(/C=C/C(=O)O)cc1C#N. The lowest BCUT2D eigenvalue weighted by atomic mass is 9.97. The number of nitriles is 1. The monoisotopic (exact) mass is 272 g/mol. The van der Waals surface area contributed by atoms with Crippen molar-refractivity contribution in [1.29, 1.82) is 5.26 Å². The van der Waals surface area contributed by atoms with Gasteiger partial charge in [0.05, 0.1) is 11.3 Å². The van der Waals surface area contributed by atoms with Gasteiger partial charge < -0.3 is 10.0 Å². The lowest BCUT2D eigenvalue weighted by Gasteiger charge is -2.37. The van der Waals surface area contributed by atoms with Crippen molar-refractivity contribution in [2.75, 3.05) is 11.9 Å². The third-order valence-corrected chi connectivity index (χ3v) is 3.69. The summed E-state index contributed by atoms with van der Waals surface area (Å²) in [5.41, 5.74) is 2.05. The van der Waals surface area contributed by atoms with Crippen molar-refractivity contribution in [2.24, 2.45) is 0 Å². The number of anilines is 1. The van der Waals surface area contributed by atoms with E-state index in [9.17, 15) is 10.1 Å². The van der Waals surface area contributed by atoms with Crippen LogP contribution in [-0.4, -0.2) is 23.7 Å². The number of benzene rings is 1. The summed E-state index contributed by atoms with van der Waals surface area (Å²) in [5.74, 6) is -1.00. The van der Waals surface area contributed by atoms with Gasteiger partial charge in [0.1, 0.15) is 6.07 Å². The molecule has 4 heteroatoms. The van der Waals surface area contributed by atoms with E-state index in [0.717, 1.165) is 18.2 Å². The Kier molecular flexibility index (Phi) is 4.93. The molecule has 0 aliphatic heterocycles. The number of carboxylic acid groups (broad SMARTS) is 1. The fourth-order valence-electron chi connectivity index (χ4n) is 1.77. The molecule has 0 spiro atoms. The minimum absolute atomic E-state index is 0.0516. The molecule has 0 heterocycles. The second-order valence-corrected chi connectivity index (χ2v) is 5.28. The van der Waals surface area contributed by atoms with Crippen LogP contribution in [0.2, 0.25) is 0 Å². The minimum atomic E-state index is -1.00. The number of carboxylic acids is 1. The molecule has 106 valence electrons. The van der Waals surface area contributed by atoms with Crippen molar-refractivity contribution in [3.8, 4) is 6.07 Å². The summed E-state index contributed by atoms with van der Waals surface area (Å²) in [7, 11) is 1.96. The van der Waals surface area contributed by atoms with Gasteiger partial charge in [-0.2, -0.15) is 5.26 Å². The van der Waals surface area contributed by atoms with Crippen LogP contribution in [0.4, 0.5) is 5.69 Å². The van der Waals surface area contributed by atoms with Crippen LogP contribution in [0.15, 0.2) is 24.3 Å². The van der Waals surface area contributed by atoms with Crippen LogP contribution in [0, 0.1) is 11.3 Å². The van der Waals surface area contributed by atoms with Gasteiger partial charge in [-0.3, -0.25) is 0 Å². The first-order chi connectivity index (χ1) is 9.31. The Bertz CT molecular complexity index is 568. The molecule has 20 heavy (non-hydrogen) atoms. The maximum atomic E-state index is 10.5. The highest BCUT2D eigenvalue weighted by Gasteiger charge is 2.23. The Morgan fingerprint density at radius 2 is 2.15 bits per heavy atom. The molecule has 1 aromatic rings. The first-order valence-electron chi connectivity index (χ1n) is 6.51. The second kappa shape index (κ2) is 6.25. The van der Waals surface area contributed by atoms with Gasteiger partial charge >= 0.3 is 5.97 Å². The number of carbonyl (C=O) groups is 1. The van der Waals surface area contributed by atoms with Crippen LogP contribution in [0.3, 0.4) is 0 Å². The van der Waals surface area contributed by atoms with Crippen molar-refractivity contribution in [3.63, 3.8) is 0 Å². The van der Waals surface area contributed by atoms with Gasteiger partial charge in [-0.25, -0.2) is 4.79 Å². The summed E-state index contributed by atoms with van der Waals surface area (Å²) in [6.45, 7) is 6.34. The van der Waals surface area contributed by atoms with E-state index in [1.807, 2.05) is 19.2 Å². The molecule has 0 fully saturated rings. The van der Waals surface area contributed by atoms with Gasteiger partial charge in [-0.15, -0.1) is 0 Å². The summed E-state index contributed by atoms with van der Waals surface area (Å²) < 4.78 is 0. The molecular weight excluding hydrogens is 252 g/mol. The van der Waals surface area contributed by atoms with E-state index < -0.39 is 5.97 Å². The third-order valence-electron chi connectivity index (χ3n) is 3.69. The maximum absolute atomic E-state index is 10.5. The third kappa shape index (κ3) is 3.61. The van der Waals surface area contributed by atoms with Crippen molar-refractivity contribution in [2.45, 2.75) is 32.7 Å². The highest BCUT2D eigenvalue weighted by Crippen LogP contribution is 2.28. The Balaban J connectivity index is 3.19. The molecule has 0 unspecified atom stereocenters. The molecule has 1 N–H and O–H groups in total. The number of rotatable bonds is 5. The number of hydrogen-bond donors (Lipinski definition) is 1. The van der Waals surface area contributed by atoms with E-state index in [1.54, 1.807) is 6.07 Å². The zero-order valence-electron chi connectivity index (χ0n) is 12.3. The minimum Gasteiger partial charge on any atom is -0.478 e. The molecule has 1 rings (SSSR count). The van der Waals surface area contributed by atoms with Gasteiger partial charge in [0.15, 0.2) is 0 Å². The summed E-state index contributed by atoms with van der Waals surface area (Å²) in [4.78, 5) is 12.6. The molecular formula is C16H20N2O2. The van der Waals surface area contributed by atoms with E-state index in [0.29, 0.717) is 11.1 Å². The van der Waals surface area contributed by atoms with Crippen molar-refractivity contribution in [3.05, 3.63) is 35.4 Å². The molecule has 0 saturated heterocycles. The summed E-state index contributed by atoms with van der Waals surface area (Å²) >= 11 is 0. The van der Waals surface area contributed by atoms with Crippen molar-refractivity contribution in [1.82, 2.24) is 0 Å². The van der Waals surface area contributed by atoms with Crippen LogP contribution >= 0.6 is 0 Å². The number of nitrogens with zero attached hydrogens (tertiary/aromatic N) is 2. The zero-order valence-corrected chi connectivity index (χ0v) is 12.3. The molecule has 0 saturated carbocycles. The predicted octanol–water partition coefficient (Wildman–Crippen LogP) is 3.28. The van der Waals surface area contributed by atoms with E-state index >= 15 is 0 Å². The fraction of sp³-hybridized carbons (Fsp3) is 0.375. The number of aliphatic carboxylic acids is 1. The summed E-state index contributed by atoms with van der Waals surface area (Å²) in [6, 6.07) is 7.56. The first kappa shape index (κ1) is 15.8. The second-order valence-electron chi connectivity index (χ2n) is 5.28.